The van der Waals surface area contributed by atoms with Crippen molar-refractivity contribution in [1.29, 1.82) is 0 Å². The van der Waals surface area contributed by atoms with Crippen LogP contribution in [0.4, 0.5) is 8.78 Å². The Balaban J connectivity index is 2.78. The normalized spacial score (nSPS) is 15.5. The maximum Gasteiger partial charge on any atom is 0.254 e. The van der Waals surface area contributed by atoms with E-state index < -0.39 is 12.5 Å². The molecule has 0 heterocycles. The van der Waals surface area contributed by atoms with Gasteiger partial charge in [0.25, 0.3) is 6.43 Å². The summed E-state index contributed by atoms with van der Waals surface area (Å²) >= 11 is 0. The van der Waals surface area contributed by atoms with E-state index in [1.165, 1.54) is 0 Å². The summed E-state index contributed by atoms with van der Waals surface area (Å²) in [6, 6.07) is 8.58. The van der Waals surface area contributed by atoms with Gasteiger partial charge in [-0.1, -0.05) is 37.3 Å². The minimum atomic E-state index is -2.34. The van der Waals surface area contributed by atoms with Gasteiger partial charge >= 0.3 is 0 Å². The molecular formula is C11H15F2N. The topological polar surface area (TPSA) is 12.0 Å². The Morgan fingerprint density at radius 3 is 2.14 bits per heavy atom. The highest BCUT2D eigenvalue weighted by Crippen LogP contribution is 2.22. The van der Waals surface area contributed by atoms with Crippen LogP contribution in [0.2, 0.25) is 0 Å². The van der Waals surface area contributed by atoms with Crippen molar-refractivity contribution in [3.8, 4) is 0 Å². The molecule has 1 aromatic carbocycles. The lowest BCUT2D eigenvalue weighted by molar-refractivity contribution is 0.0915. The van der Waals surface area contributed by atoms with E-state index in [4.69, 9.17) is 0 Å². The Hall–Kier alpha value is -0.960. The Morgan fingerprint density at radius 2 is 1.71 bits per heavy atom. The van der Waals surface area contributed by atoms with E-state index in [1.54, 1.807) is 7.05 Å². The maximum absolute atomic E-state index is 12.6. The quantitative estimate of drug-likeness (QED) is 0.786. The van der Waals surface area contributed by atoms with Gasteiger partial charge in [-0.2, -0.15) is 0 Å². The number of alkyl halides is 2. The van der Waals surface area contributed by atoms with Crippen molar-refractivity contribution in [2.24, 2.45) is 0 Å². The third-order valence-corrected chi connectivity index (χ3v) is 2.47. The largest absolute Gasteiger partial charge is 0.311 e. The molecule has 0 fully saturated rings. The van der Waals surface area contributed by atoms with E-state index in [0.29, 0.717) is 0 Å². The van der Waals surface area contributed by atoms with Crippen LogP contribution in [-0.2, 0) is 0 Å². The molecule has 14 heavy (non-hydrogen) atoms. The smallest absolute Gasteiger partial charge is 0.254 e. The molecule has 0 spiro atoms. The number of hydrogen-bond donors (Lipinski definition) is 1. The van der Waals surface area contributed by atoms with E-state index in [9.17, 15) is 8.78 Å². The minimum Gasteiger partial charge on any atom is -0.311 e. The van der Waals surface area contributed by atoms with Crippen molar-refractivity contribution < 1.29 is 8.78 Å². The zero-order valence-corrected chi connectivity index (χ0v) is 8.37. The molecule has 0 aliphatic carbocycles. The van der Waals surface area contributed by atoms with Crippen molar-refractivity contribution >= 4 is 0 Å². The summed E-state index contributed by atoms with van der Waals surface area (Å²) in [6.45, 7) is 1.81. The summed E-state index contributed by atoms with van der Waals surface area (Å²) in [5, 5.41) is 2.65. The predicted molar refractivity (Wildman–Crippen MR) is 53.7 cm³/mol. The zero-order valence-electron chi connectivity index (χ0n) is 8.37. The maximum atomic E-state index is 12.6. The predicted octanol–water partition coefficient (Wildman–Crippen LogP) is 2.64. The van der Waals surface area contributed by atoms with Crippen LogP contribution < -0.4 is 5.32 Å². The molecule has 0 bridgehead atoms. The average Bonchev–Trinajstić information content (AvgIpc) is 2.19. The van der Waals surface area contributed by atoms with Gasteiger partial charge < -0.3 is 5.32 Å². The molecule has 1 aromatic rings. The molecule has 2 atom stereocenters. The van der Waals surface area contributed by atoms with Crippen LogP contribution in [0, 0.1) is 0 Å². The lowest BCUT2D eigenvalue weighted by Crippen LogP contribution is -2.37. The van der Waals surface area contributed by atoms with E-state index in [1.807, 2.05) is 37.3 Å². The van der Waals surface area contributed by atoms with Crippen LogP contribution in [0.1, 0.15) is 18.4 Å². The summed E-state index contributed by atoms with van der Waals surface area (Å²) < 4.78 is 25.1. The highest BCUT2D eigenvalue weighted by atomic mass is 19.3. The summed E-state index contributed by atoms with van der Waals surface area (Å²) in [6.07, 6.45) is -2.34. The zero-order chi connectivity index (χ0) is 10.6. The summed E-state index contributed by atoms with van der Waals surface area (Å²) in [4.78, 5) is 0. The molecule has 1 rings (SSSR count). The third kappa shape index (κ3) is 2.51. The van der Waals surface area contributed by atoms with Gasteiger partial charge in [0.2, 0.25) is 0 Å². The number of hydrogen-bond acceptors (Lipinski definition) is 1. The number of nitrogens with one attached hydrogen (secondary N) is 1. The second-order valence-electron chi connectivity index (χ2n) is 3.35. The molecule has 0 radical (unpaired) electrons. The number of benzene rings is 1. The van der Waals surface area contributed by atoms with Crippen molar-refractivity contribution in [2.75, 3.05) is 7.05 Å². The van der Waals surface area contributed by atoms with Gasteiger partial charge in [-0.3, -0.25) is 0 Å². The van der Waals surface area contributed by atoms with Crippen molar-refractivity contribution in [1.82, 2.24) is 5.32 Å². The van der Waals surface area contributed by atoms with Crippen LogP contribution in [0.5, 0.6) is 0 Å². The van der Waals surface area contributed by atoms with Crippen LogP contribution in [0.15, 0.2) is 30.3 Å². The monoisotopic (exact) mass is 199 g/mol. The molecule has 0 amide bonds. The van der Waals surface area contributed by atoms with Gasteiger partial charge in [0.15, 0.2) is 0 Å². The Kier molecular flexibility index (Phi) is 4.01. The van der Waals surface area contributed by atoms with E-state index in [2.05, 4.69) is 5.32 Å². The first kappa shape index (κ1) is 11.1. The standard InChI is InChI=1S/C11H15F2N/c1-8(10(14-2)11(12)13)9-6-4-3-5-7-9/h3-8,10-11,14H,1-2H3. The van der Waals surface area contributed by atoms with Gasteiger partial charge in [0, 0.05) is 5.92 Å². The summed E-state index contributed by atoms with van der Waals surface area (Å²) in [7, 11) is 1.57. The molecule has 0 aliphatic heterocycles. The Morgan fingerprint density at radius 1 is 1.14 bits per heavy atom. The molecule has 78 valence electrons. The van der Waals surface area contributed by atoms with Gasteiger partial charge in [0.05, 0.1) is 6.04 Å². The van der Waals surface area contributed by atoms with Gasteiger partial charge in [-0.15, -0.1) is 0 Å². The van der Waals surface area contributed by atoms with Crippen molar-refractivity contribution in [2.45, 2.75) is 25.3 Å². The van der Waals surface area contributed by atoms with Crippen LogP contribution in [-0.4, -0.2) is 19.5 Å². The molecule has 0 saturated heterocycles. The fourth-order valence-electron chi connectivity index (χ4n) is 1.56. The van der Waals surface area contributed by atoms with Crippen LogP contribution >= 0.6 is 0 Å². The first-order chi connectivity index (χ1) is 6.66. The fourth-order valence-corrected chi connectivity index (χ4v) is 1.56. The third-order valence-electron chi connectivity index (χ3n) is 2.47. The number of likely N-dealkylation sites (N-methyl/N-ethyl adjacent to an activating group) is 1. The second kappa shape index (κ2) is 5.05. The second-order valence-corrected chi connectivity index (χ2v) is 3.35. The highest BCUT2D eigenvalue weighted by Gasteiger charge is 2.25. The van der Waals surface area contributed by atoms with Crippen LogP contribution in [0.3, 0.4) is 0 Å². The molecule has 0 aliphatic rings. The van der Waals surface area contributed by atoms with Gasteiger partial charge in [-0.05, 0) is 12.6 Å². The highest BCUT2D eigenvalue weighted by molar-refractivity contribution is 5.20. The number of rotatable bonds is 4. The lowest BCUT2D eigenvalue weighted by atomic mass is 9.94. The van der Waals surface area contributed by atoms with Crippen LogP contribution in [0.25, 0.3) is 0 Å². The van der Waals surface area contributed by atoms with Crippen molar-refractivity contribution in [3.05, 3.63) is 35.9 Å². The first-order valence-corrected chi connectivity index (χ1v) is 4.67. The number of halogens is 2. The first-order valence-electron chi connectivity index (χ1n) is 4.67. The molecule has 0 saturated carbocycles. The lowest BCUT2D eigenvalue weighted by Gasteiger charge is -2.22. The molecule has 2 unspecified atom stereocenters. The van der Waals surface area contributed by atoms with Gasteiger partial charge in [-0.25, -0.2) is 8.78 Å². The molecule has 3 heteroatoms. The molecule has 1 nitrogen and oxygen atoms in total. The van der Waals surface area contributed by atoms with Crippen molar-refractivity contribution in [3.63, 3.8) is 0 Å². The van der Waals surface area contributed by atoms with E-state index >= 15 is 0 Å². The summed E-state index contributed by atoms with van der Waals surface area (Å²) in [5.41, 5.74) is 0.937. The molecule has 1 N–H and O–H groups in total. The molecule has 0 aromatic heterocycles. The van der Waals surface area contributed by atoms with E-state index in [-0.39, 0.29) is 5.92 Å². The Bertz CT molecular complexity index is 261. The Labute approximate surface area is 83.1 Å². The minimum absolute atomic E-state index is 0.179. The average molecular weight is 199 g/mol. The van der Waals surface area contributed by atoms with Gasteiger partial charge in [0.1, 0.15) is 0 Å². The summed E-state index contributed by atoms with van der Waals surface area (Å²) in [5.74, 6) is -0.179. The molecular weight excluding hydrogens is 184 g/mol. The fraction of sp³-hybridized carbons (Fsp3) is 0.455. The SMILES string of the molecule is CNC(C(F)F)C(C)c1ccccc1. The van der Waals surface area contributed by atoms with E-state index in [0.717, 1.165) is 5.56 Å².